The fourth-order valence-electron chi connectivity index (χ4n) is 2.30. The maximum atomic E-state index is 11.4. The van der Waals surface area contributed by atoms with Gasteiger partial charge in [0.15, 0.2) is 0 Å². The minimum atomic E-state index is -0.418. The predicted octanol–water partition coefficient (Wildman–Crippen LogP) is 3.04. The van der Waals surface area contributed by atoms with E-state index in [0.29, 0.717) is 44.5 Å². The molecule has 0 atom stereocenters. The van der Waals surface area contributed by atoms with E-state index >= 15 is 0 Å². The Hall–Kier alpha value is -2.97. The monoisotopic (exact) mass is 496 g/mol. The maximum Gasteiger partial charge on any atom is 0.306 e. The first-order valence-electron chi connectivity index (χ1n) is 11.7. The molecule has 0 aliphatic rings. The number of hydrogen-bond acceptors (Lipinski definition) is 10. The third-order valence-electron chi connectivity index (χ3n) is 3.67. The van der Waals surface area contributed by atoms with Gasteiger partial charge < -0.3 is 20.0 Å². The van der Waals surface area contributed by atoms with Gasteiger partial charge in [0.2, 0.25) is 0 Å². The first kappa shape index (κ1) is 34.2. The van der Waals surface area contributed by atoms with Gasteiger partial charge in [-0.3, -0.25) is 25.5 Å². The molecule has 0 fully saturated rings. The van der Waals surface area contributed by atoms with Gasteiger partial charge in [0.1, 0.15) is 23.3 Å². The SMILES string of the molecule is CC(C)(C)OC(=O)CCCC=O.CC(C)(C)OC(=O)CCCCn1nccc1N.N#CCCNN. The van der Waals surface area contributed by atoms with Crippen LogP contribution in [0.15, 0.2) is 12.3 Å². The van der Waals surface area contributed by atoms with Crippen molar-refractivity contribution in [1.82, 2.24) is 15.2 Å². The Morgan fingerprint density at radius 3 is 2.00 bits per heavy atom. The number of hydrazine groups is 1. The summed E-state index contributed by atoms with van der Waals surface area (Å²) in [5, 5.41) is 11.9. The average Bonchev–Trinajstić information content (AvgIpc) is 3.13. The van der Waals surface area contributed by atoms with E-state index in [1.54, 1.807) is 16.9 Å². The molecule has 1 aromatic rings. The van der Waals surface area contributed by atoms with Crippen molar-refractivity contribution in [2.75, 3.05) is 12.3 Å². The number of nitrogens with zero attached hydrogens (tertiary/aromatic N) is 3. The summed E-state index contributed by atoms with van der Waals surface area (Å²) < 4.78 is 12.0. The van der Waals surface area contributed by atoms with Gasteiger partial charge in [0.25, 0.3) is 0 Å². The number of nitriles is 1. The predicted molar refractivity (Wildman–Crippen MR) is 135 cm³/mol. The molecule has 1 rings (SSSR count). The number of carbonyl (C=O) groups excluding carboxylic acids is 3. The molecule has 11 heteroatoms. The Bertz CT molecular complexity index is 760. The van der Waals surface area contributed by atoms with Crippen LogP contribution in [-0.2, 0) is 30.4 Å². The van der Waals surface area contributed by atoms with Crippen LogP contribution in [0.1, 0.15) is 86.5 Å². The van der Waals surface area contributed by atoms with Crippen molar-refractivity contribution < 1.29 is 23.9 Å². The zero-order valence-corrected chi connectivity index (χ0v) is 22.1. The summed E-state index contributed by atoms with van der Waals surface area (Å²) in [6, 6.07) is 3.68. The smallest absolute Gasteiger partial charge is 0.306 e. The second kappa shape index (κ2) is 19.3. The van der Waals surface area contributed by atoms with Crippen molar-refractivity contribution in [2.24, 2.45) is 5.84 Å². The van der Waals surface area contributed by atoms with Crippen molar-refractivity contribution in [3.63, 3.8) is 0 Å². The average molecular weight is 497 g/mol. The number of unbranched alkanes of at least 4 members (excludes halogenated alkanes) is 2. The highest BCUT2D eigenvalue weighted by Gasteiger charge is 2.16. The summed E-state index contributed by atoms with van der Waals surface area (Å²) in [4.78, 5) is 32.3. The normalized spacial score (nSPS) is 10.6. The van der Waals surface area contributed by atoms with Crippen LogP contribution in [-0.4, -0.2) is 45.8 Å². The number of rotatable bonds is 11. The molecule has 11 nitrogen and oxygen atoms in total. The first-order valence-corrected chi connectivity index (χ1v) is 11.7. The Morgan fingerprint density at radius 1 is 1.09 bits per heavy atom. The molecule has 1 aromatic heterocycles. The summed E-state index contributed by atoms with van der Waals surface area (Å²) in [5.74, 6) is 5.09. The van der Waals surface area contributed by atoms with E-state index in [1.807, 2.05) is 47.6 Å². The van der Waals surface area contributed by atoms with E-state index in [0.717, 1.165) is 25.7 Å². The minimum absolute atomic E-state index is 0.147. The molecular formula is C24H44N6O5. The lowest BCUT2D eigenvalue weighted by Gasteiger charge is -2.19. The molecule has 5 N–H and O–H groups in total. The molecular weight excluding hydrogens is 452 g/mol. The second-order valence-electron chi connectivity index (χ2n) is 9.53. The molecule has 0 unspecified atom stereocenters. The fourth-order valence-corrected chi connectivity index (χ4v) is 2.30. The van der Waals surface area contributed by atoms with Crippen LogP contribution in [0.2, 0.25) is 0 Å². The quantitative estimate of drug-likeness (QED) is 0.136. The maximum absolute atomic E-state index is 11.4. The zero-order chi connectivity index (χ0) is 27.3. The number of aldehydes is 1. The van der Waals surface area contributed by atoms with Crippen LogP contribution < -0.4 is 17.0 Å². The van der Waals surface area contributed by atoms with Crippen LogP contribution >= 0.6 is 0 Å². The lowest BCUT2D eigenvalue weighted by atomic mass is 10.2. The number of nitrogens with two attached hydrogens (primary N) is 2. The number of ether oxygens (including phenoxy) is 2. The summed E-state index contributed by atoms with van der Waals surface area (Å²) in [6.07, 6.45) is 6.40. The van der Waals surface area contributed by atoms with Crippen LogP contribution in [0, 0.1) is 11.3 Å². The summed E-state index contributed by atoms with van der Waals surface area (Å²) in [5.41, 5.74) is 7.20. The molecule has 0 saturated carbocycles. The molecule has 1 heterocycles. The molecule has 0 spiro atoms. The highest BCUT2D eigenvalue weighted by atomic mass is 16.6. The third-order valence-corrected chi connectivity index (χ3v) is 3.67. The number of aryl methyl sites for hydroxylation is 1. The molecule has 0 saturated heterocycles. The van der Waals surface area contributed by atoms with Crippen LogP contribution in [0.5, 0.6) is 0 Å². The zero-order valence-electron chi connectivity index (χ0n) is 22.1. The van der Waals surface area contributed by atoms with Gasteiger partial charge >= 0.3 is 11.9 Å². The van der Waals surface area contributed by atoms with Crippen molar-refractivity contribution >= 4 is 24.0 Å². The molecule has 0 radical (unpaired) electrons. The number of hydrogen-bond donors (Lipinski definition) is 3. The van der Waals surface area contributed by atoms with Gasteiger partial charge in [0, 0.05) is 38.8 Å². The van der Waals surface area contributed by atoms with Crippen molar-refractivity contribution in [3.05, 3.63) is 12.3 Å². The second-order valence-corrected chi connectivity index (χ2v) is 9.53. The molecule has 0 amide bonds. The van der Waals surface area contributed by atoms with Gasteiger partial charge in [-0.15, -0.1) is 0 Å². The minimum Gasteiger partial charge on any atom is -0.460 e. The van der Waals surface area contributed by atoms with Gasteiger partial charge in [-0.05, 0) is 66.9 Å². The topological polar surface area (TPSA) is 175 Å². The van der Waals surface area contributed by atoms with Gasteiger partial charge in [-0.1, -0.05) is 0 Å². The summed E-state index contributed by atoms with van der Waals surface area (Å²) in [7, 11) is 0. The fraction of sp³-hybridized carbons (Fsp3) is 0.708. The van der Waals surface area contributed by atoms with Crippen molar-refractivity contribution in [3.8, 4) is 6.07 Å². The lowest BCUT2D eigenvalue weighted by Crippen LogP contribution is -2.23. The Labute approximate surface area is 209 Å². The van der Waals surface area contributed by atoms with E-state index in [2.05, 4.69) is 10.5 Å². The molecule has 0 bridgehead atoms. The Kier molecular flexibility index (Phi) is 18.9. The Balaban J connectivity index is 0. The molecule has 35 heavy (non-hydrogen) atoms. The van der Waals surface area contributed by atoms with Crippen LogP contribution in [0.4, 0.5) is 5.82 Å². The van der Waals surface area contributed by atoms with E-state index in [9.17, 15) is 14.4 Å². The van der Waals surface area contributed by atoms with Crippen molar-refractivity contribution in [2.45, 2.75) is 104 Å². The molecule has 0 aliphatic heterocycles. The van der Waals surface area contributed by atoms with E-state index in [1.165, 1.54) is 0 Å². The highest BCUT2D eigenvalue weighted by molar-refractivity contribution is 5.70. The highest BCUT2D eigenvalue weighted by Crippen LogP contribution is 2.11. The van der Waals surface area contributed by atoms with Crippen LogP contribution in [0.3, 0.4) is 0 Å². The largest absolute Gasteiger partial charge is 0.460 e. The number of nitrogen functional groups attached to an aromatic ring is 1. The first-order chi connectivity index (χ1) is 16.3. The molecule has 200 valence electrons. The van der Waals surface area contributed by atoms with Gasteiger partial charge in [-0.25, -0.2) is 0 Å². The van der Waals surface area contributed by atoms with Crippen molar-refractivity contribution in [1.29, 1.82) is 5.26 Å². The van der Waals surface area contributed by atoms with E-state index in [4.69, 9.17) is 26.3 Å². The Morgan fingerprint density at radius 2 is 1.63 bits per heavy atom. The number of aromatic nitrogens is 2. The number of esters is 2. The number of nitrogens with one attached hydrogen (secondary N) is 1. The summed E-state index contributed by atoms with van der Waals surface area (Å²) in [6.45, 7) is 12.4. The standard InChI is InChI=1S/C12H21N3O2.C9H16O3.C3H7N3/c1-12(2,3)17-11(16)6-4-5-9-15-10(13)7-8-14-15;1-9(2,3)12-8(11)6-4-5-7-10;4-2-1-3-6-5/h7-8H,4-6,9,13H2,1-3H3;7H,4-6H2,1-3H3;6H,1,3,5H2. The molecule has 0 aliphatic carbocycles. The van der Waals surface area contributed by atoms with Gasteiger partial charge in [0.05, 0.1) is 12.3 Å². The third kappa shape index (κ3) is 25.5. The van der Waals surface area contributed by atoms with E-state index in [-0.39, 0.29) is 11.9 Å². The number of anilines is 1. The van der Waals surface area contributed by atoms with Gasteiger partial charge in [-0.2, -0.15) is 10.4 Å². The lowest BCUT2D eigenvalue weighted by molar-refractivity contribution is -0.156. The number of carbonyl (C=O) groups is 3. The molecule has 0 aromatic carbocycles. The van der Waals surface area contributed by atoms with E-state index < -0.39 is 11.2 Å². The van der Waals surface area contributed by atoms with Crippen LogP contribution in [0.25, 0.3) is 0 Å². The summed E-state index contributed by atoms with van der Waals surface area (Å²) >= 11 is 0.